The number of rotatable bonds is 5. The molecule has 2 rings (SSSR count). The molecule has 0 heterocycles. The Balaban J connectivity index is 1.99. The summed E-state index contributed by atoms with van der Waals surface area (Å²) in [6, 6.07) is 16.5. The molecule has 5 nitrogen and oxygen atoms in total. The topological polar surface area (TPSA) is 78.4 Å². The fourth-order valence-electron chi connectivity index (χ4n) is 1.93. The fraction of sp³-hybridized carbons (Fsp3) is 0.0588. The van der Waals surface area contributed by atoms with E-state index in [1.54, 1.807) is 12.1 Å². The van der Waals surface area contributed by atoms with Crippen molar-refractivity contribution in [2.45, 2.75) is 6.42 Å². The van der Waals surface area contributed by atoms with Crippen molar-refractivity contribution in [3.8, 4) is 0 Å². The molecule has 2 amide bonds. The molecule has 0 aliphatic rings. The summed E-state index contributed by atoms with van der Waals surface area (Å²) >= 11 is 0. The molecular weight excluding hydrogens is 280 g/mol. The zero-order valence-electron chi connectivity index (χ0n) is 11.8. The van der Waals surface area contributed by atoms with Crippen molar-refractivity contribution in [2.75, 3.05) is 5.32 Å². The second kappa shape index (κ2) is 7.75. The molecule has 0 saturated carbocycles. The first-order chi connectivity index (χ1) is 10.7. The normalized spacial score (nSPS) is 10.4. The summed E-state index contributed by atoms with van der Waals surface area (Å²) in [7, 11) is 0. The van der Waals surface area contributed by atoms with Crippen molar-refractivity contribution in [3.05, 3.63) is 71.8 Å². The minimum atomic E-state index is -0.604. The Hall–Kier alpha value is -2.92. The van der Waals surface area contributed by atoms with Gasteiger partial charge < -0.3 is 5.32 Å². The van der Waals surface area contributed by atoms with E-state index in [1.807, 2.05) is 48.5 Å². The van der Waals surface area contributed by atoms with E-state index in [4.69, 9.17) is 5.21 Å². The first kappa shape index (κ1) is 15.5. The first-order valence-corrected chi connectivity index (χ1v) is 6.73. The number of hydrogen-bond donors (Lipinski definition) is 3. The molecule has 2 aromatic rings. The number of hydrogen-bond acceptors (Lipinski definition) is 3. The Morgan fingerprint density at radius 1 is 1.05 bits per heavy atom. The molecule has 0 unspecified atom stereocenters. The van der Waals surface area contributed by atoms with Crippen molar-refractivity contribution in [2.24, 2.45) is 0 Å². The maximum Gasteiger partial charge on any atom is 0.267 e. The summed E-state index contributed by atoms with van der Waals surface area (Å²) in [6.07, 6.45) is 3.01. The smallest absolute Gasteiger partial charge is 0.267 e. The molecule has 5 heteroatoms. The SMILES string of the molecule is O=C(C=Cc1cccc(CC(=O)Nc2ccccc2)c1)NO. The van der Waals surface area contributed by atoms with Gasteiger partial charge in [0, 0.05) is 11.8 Å². The van der Waals surface area contributed by atoms with Crippen molar-refractivity contribution in [1.82, 2.24) is 5.48 Å². The van der Waals surface area contributed by atoms with Gasteiger partial charge in [-0.3, -0.25) is 14.8 Å². The van der Waals surface area contributed by atoms with Crippen LogP contribution in [0.5, 0.6) is 0 Å². The van der Waals surface area contributed by atoms with Crippen LogP contribution in [0.1, 0.15) is 11.1 Å². The highest BCUT2D eigenvalue weighted by molar-refractivity contribution is 5.92. The average Bonchev–Trinajstić information content (AvgIpc) is 2.53. The van der Waals surface area contributed by atoms with Crippen LogP contribution in [0.15, 0.2) is 60.7 Å². The number of anilines is 1. The van der Waals surface area contributed by atoms with Gasteiger partial charge in [-0.1, -0.05) is 42.5 Å². The number of hydroxylamine groups is 1. The predicted molar refractivity (Wildman–Crippen MR) is 84.2 cm³/mol. The number of carbonyl (C=O) groups excluding carboxylic acids is 2. The van der Waals surface area contributed by atoms with E-state index in [-0.39, 0.29) is 12.3 Å². The second-order valence-electron chi connectivity index (χ2n) is 4.65. The monoisotopic (exact) mass is 296 g/mol. The highest BCUT2D eigenvalue weighted by Gasteiger charge is 2.04. The molecule has 0 atom stereocenters. The van der Waals surface area contributed by atoms with E-state index < -0.39 is 5.91 Å². The summed E-state index contributed by atoms with van der Waals surface area (Å²) < 4.78 is 0. The summed E-state index contributed by atoms with van der Waals surface area (Å²) in [5.74, 6) is -0.715. The lowest BCUT2D eigenvalue weighted by Crippen LogP contribution is -2.15. The Labute approximate surface area is 128 Å². The van der Waals surface area contributed by atoms with Gasteiger partial charge in [0.2, 0.25) is 5.91 Å². The van der Waals surface area contributed by atoms with E-state index in [1.165, 1.54) is 11.6 Å². The van der Waals surface area contributed by atoms with Gasteiger partial charge in [-0.15, -0.1) is 0 Å². The zero-order chi connectivity index (χ0) is 15.8. The molecule has 0 radical (unpaired) electrons. The third-order valence-corrected chi connectivity index (χ3v) is 2.91. The van der Waals surface area contributed by atoms with Gasteiger partial charge in [-0.2, -0.15) is 0 Å². The highest BCUT2D eigenvalue weighted by atomic mass is 16.5. The van der Waals surface area contributed by atoms with Crippen LogP contribution in [-0.2, 0) is 16.0 Å². The van der Waals surface area contributed by atoms with Gasteiger partial charge in [0.25, 0.3) is 5.91 Å². The van der Waals surface area contributed by atoms with Crippen molar-refractivity contribution in [1.29, 1.82) is 0 Å². The van der Waals surface area contributed by atoms with E-state index in [9.17, 15) is 9.59 Å². The Morgan fingerprint density at radius 3 is 2.55 bits per heavy atom. The molecule has 2 aromatic carbocycles. The summed E-state index contributed by atoms with van der Waals surface area (Å²) in [6.45, 7) is 0. The highest BCUT2D eigenvalue weighted by Crippen LogP contribution is 2.10. The van der Waals surface area contributed by atoms with Gasteiger partial charge in [0.15, 0.2) is 0 Å². The number of benzene rings is 2. The third kappa shape index (κ3) is 4.88. The molecule has 0 spiro atoms. The summed E-state index contributed by atoms with van der Waals surface area (Å²) in [5, 5.41) is 11.2. The van der Waals surface area contributed by atoms with Crippen LogP contribution in [0.4, 0.5) is 5.69 Å². The van der Waals surface area contributed by atoms with Crippen LogP contribution in [0.2, 0.25) is 0 Å². The summed E-state index contributed by atoms with van der Waals surface area (Å²) in [4.78, 5) is 22.9. The van der Waals surface area contributed by atoms with Gasteiger partial charge in [-0.05, 0) is 29.3 Å². The number of para-hydroxylation sites is 1. The number of carbonyl (C=O) groups is 2. The lowest BCUT2D eigenvalue weighted by Gasteiger charge is -2.05. The maximum absolute atomic E-state index is 12.0. The molecule has 0 aliphatic carbocycles. The minimum absolute atomic E-state index is 0.111. The summed E-state index contributed by atoms with van der Waals surface area (Å²) in [5.41, 5.74) is 3.88. The molecule has 0 fully saturated rings. The standard InChI is InChI=1S/C17H16N2O3/c20-16(19-22)10-9-13-5-4-6-14(11-13)12-17(21)18-15-7-2-1-3-8-15/h1-11,22H,12H2,(H,18,21)(H,19,20). The van der Waals surface area contributed by atoms with E-state index in [0.717, 1.165) is 16.8 Å². The quantitative estimate of drug-likeness (QED) is 0.450. The van der Waals surface area contributed by atoms with Gasteiger partial charge in [-0.25, -0.2) is 5.48 Å². The Morgan fingerprint density at radius 2 is 1.82 bits per heavy atom. The molecule has 0 saturated heterocycles. The van der Waals surface area contributed by atoms with E-state index in [0.29, 0.717) is 0 Å². The minimum Gasteiger partial charge on any atom is -0.326 e. The zero-order valence-corrected chi connectivity index (χ0v) is 11.8. The van der Waals surface area contributed by atoms with Gasteiger partial charge >= 0.3 is 0 Å². The van der Waals surface area contributed by atoms with Crippen LogP contribution in [0.3, 0.4) is 0 Å². The molecule has 22 heavy (non-hydrogen) atoms. The maximum atomic E-state index is 12.0. The number of amides is 2. The molecule has 0 bridgehead atoms. The van der Waals surface area contributed by atoms with Crippen molar-refractivity contribution < 1.29 is 14.8 Å². The lowest BCUT2D eigenvalue weighted by atomic mass is 10.1. The number of nitrogens with one attached hydrogen (secondary N) is 2. The molecule has 0 aliphatic heterocycles. The van der Waals surface area contributed by atoms with Gasteiger partial charge in [0.05, 0.1) is 6.42 Å². The van der Waals surface area contributed by atoms with Crippen LogP contribution in [0.25, 0.3) is 6.08 Å². The van der Waals surface area contributed by atoms with Crippen LogP contribution in [0, 0.1) is 0 Å². The van der Waals surface area contributed by atoms with Gasteiger partial charge in [0.1, 0.15) is 0 Å². The average molecular weight is 296 g/mol. The van der Waals surface area contributed by atoms with Crippen LogP contribution < -0.4 is 10.8 Å². The lowest BCUT2D eigenvalue weighted by molar-refractivity contribution is -0.124. The van der Waals surface area contributed by atoms with Crippen LogP contribution >= 0.6 is 0 Å². The predicted octanol–water partition coefficient (Wildman–Crippen LogP) is 2.39. The van der Waals surface area contributed by atoms with Crippen LogP contribution in [-0.4, -0.2) is 17.0 Å². The molecule has 0 aromatic heterocycles. The molecule has 112 valence electrons. The third-order valence-electron chi connectivity index (χ3n) is 2.91. The first-order valence-electron chi connectivity index (χ1n) is 6.73. The second-order valence-corrected chi connectivity index (χ2v) is 4.65. The van der Waals surface area contributed by atoms with E-state index in [2.05, 4.69) is 5.32 Å². The van der Waals surface area contributed by atoms with Crippen molar-refractivity contribution >= 4 is 23.6 Å². The van der Waals surface area contributed by atoms with Crippen molar-refractivity contribution in [3.63, 3.8) is 0 Å². The van der Waals surface area contributed by atoms with E-state index >= 15 is 0 Å². The largest absolute Gasteiger partial charge is 0.326 e. The Bertz CT molecular complexity index is 681. The molecule has 3 N–H and O–H groups in total. The fourth-order valence-corrected chi connectivity index (χ4v) is 1.93. The molecular formula is C17H16N2O3. The Kier molecular flexibility index (Phi) is 5.45.